The van der Waals surface area contributed by atoms with Crippen molar-refractivity contribution in [3.63, 3.8) is 0 Å². The van der Waals surface area contributed by atoms with Crippen LogP contribution >= 0.6 is 0 Å². The largest absolute Gasteiger partial charge is 0.490 e. The minimum absolute atomic E-state index is 0.0653. The molecule has 31 heavy (non-hydrogen) atoms. The van der Waals surface area contributed by atoms with E-state index in [1.807, 2.05) is 63.2 Å². The molecule has 2 aromatic rings. The average Bonchev–Trinajstić information content (AvgIpc) is 2.76. The number of hydrogen-bond acceptors (Lipinski definition) is 4. The van der Waals surface area contributed by atoms with Crippen molar-refractivity contribution >= 4 is 11.8 Å². The normalized spacial score (nSPS) is 11.5. The van der Waals surface area contributed by atoms with Crippen LogP contribution in [0.2, 0.25) is 0 Å². The molecule has 6 heteroatoms. The Balaban J connectivity index is 2.15. The Hall–Kier alpha value is -3.02. The number of rotatable bonds is 11. The number of ether oxygens (including phenoxy) is 2. The van der Waals surface area contributed by atoms with Crippen LogP contribution in [0.4, 0.5) is 0 Å². The van der Waals surface area contributed by atoms with E-state index < -0.39 is 6.04 Å². The molecule has 0 aromatic heterocycles. The maximum atomic E-state index is 13.1. The summed E-state index contributed by atoms with van der Waals surface area (Å²) in [6, 6.07) is 13.2. The minimum Gasteiger partial charge on any atom is -0.490 e. The van der Waals surface area contributed by atoms with Crippen LogP contribution in [0, 0.1) is 6.92 Å². The first-order chi connectivity index (χ1) is 14.9. The summed E-state index contributed by atoms with van der Waals surface area (Å²) in [7, 11) is 1.59. The molecule has 0 bridgehead atoms. The first kappa shape index (κ1) is 24.3. The molecular formula is C25H34N2O4. The topological polar surface area (TPSA) is 67.9 Å². The van der Waals surface area contributed by atoms with Gasteiger partial charge in [0.15, 0.2) is 11.5 Å². The highest BCUT2D eigenvalue weighted by atomic mass is 16.5. The maximum absolute atomic E-state index is 13.1. The van der Waals surface area contributed by atoms with E-state index in [4.69, 9.17) is 9.47 Å². The molecule has 6 nitrogen and oxygen atoms in total. The van der Waals surface area contributed by atoms with Crippen molar-refractivity contribution in [3.8, 4) is 11.5 Å². The van der Waals surface area contributed by atoms with Gasteiger partial charge in [0, 0.05) is 20.0 Å². The van der Waals surface area contributed by atoms with Gasteiger partial charge in [-0.25, -0.2) is 0 Å². The van der Waals surface area contributed by atoms with Crippen molar-refractivity contribution in [2.45, 2.75) is 53.1 Å². The molecule has 168 valence electrons. The van der Waals surface area contributed by atoms with Crippen molar-refractivity contribution < 1.29 is 19.1 Å². The highest BCUT2D eigenvalue weighted by Gasteiger charge is 2.25. The smallest absolute Gasteiger partial charge is 0.242 e. The highest BCUT2D eigenvalue weighted by Crippen LogP contribution is 2.29. The van der Waals surface area contributed by atoms with Gasteiger partial charge in [0.05, 0.1) is 13.2 Å². The van der Waals surface area contributed by atoms with Crippen molar-refractivity contribution in [3.05, 3.63) is 59.2 Å². The number of carbonyl (C=O) groups is 2. The zero-order chi connectivity index (χ0) is 22.8. The second kappa shape index (κ2) is 12.0. The lowest BCUT2D eigenvalue weighted by atomic mass is 10.1. The van der Waals surface area contributed by atoms with E-state index in [1.54, 1.807) is 18.9 Å². The first-order valence-corrected chi connectivity index (χ1v) is 10.8. The molecule has 2 rings (SSSR count). The number of carbonyl (C=O) groups excluding carboxylic acids is 2. The molecule has 0 fully saturated rings. The third-order valence-corrected chi connectivity index (χ3v) is 5.08. The van der Waals surface area contributed by atoms with Crippen molar-refractivity contribution in [2.75, 3.05) is 20.3 Å². The Morgan fingerprint density at radius 1 is 1.00 bits per heavy atom. The predicted octanol–water partition coefficient (Wildman–Crippen LogP) is 3.89. The number of nitrogens with zero attached hydrogens (tertiary/aromatic N) is 1. The first-order valence-electron chi connectivity index (χ1n) is 10.8. The molecule has 1 atom stereocenters. The zero-order valence-corrected chi connectivity index (χ0v) is 19.2. The third-order valence-electron chi connectivity index (χ3n) is 5.08. The van der Waals surface area contributed by atoms with Gasteiger partial charge in [-0.1, -0.05) is 35.9 Å². The van der Waals surface area contributed by atoms with Crippen LogP contribution in [0.1, 0.15) is 43.9 Å². The Morgan fingerprint density at radius 2 is 1.71 bits per heavy atom. The van der Waals surface area contributed by atoms with E-state index >= 15 is 0 Å². The molecule has 0 saturated carbocycles. The summed E-state index contributed by atoms with van der Waals surface area (Å²) in [4.78, 5) is 27.1. The fraction of sp³-hybridized carbons (Fsp3) is 0.440. The van der Waals surface area contributed by atoms with Crippen LogP contribution in [-0.2, 0) is 22.6 Å². The standard InChI is InChI=1S/C25H34N2O4/c1-6-30-22-13-11-20(16-23(22)31-7-2)12-14-24(28)27(19(4)25(29)26-5)17-21-10-8-9-18(3)15-21/h8-11,13,15-16,19H,6-7,12,14,17H2,1-5H3,(H,26,29). The van der Waals surface area contributed by atoms with Crippen molar-refractivity contribution in [1.29, 1.82) is 0 Å². The van der Waals surface area contributed by atoms with E-state index in [1.165, 1.54) is 0 Å². The van der Waals surface area contributed by atoms with E-state index in [0.29, 0.717) is 44.1 Å². The summed E-state index contributed by atoms with van der Waals surface area (Å²) in [6.45, 7) is 9.12. The lowest BCUT2D eigenvalue weighted by Crippen LogP contribution is -2.46. The fourth-order valence-corrected chi connectivity index (χ4v) is 3.44. The van der Waals surface area contributed by atoms with Crippen molar-refractivity contribution in [1.82, 2.24) is 10.2 Å². The van der Waals surface area contributed by atoms with Crippen LogP contribution < -0.4 is 14.8 Å². The lowest BCUT2D eigenvalue weighted by Gasteiger charge is -2.28. The second-order valence-electron chi connectivity index (χ2n) is 7.45. The van der Waals surface area contributed by atoms with E-state index in [2.05, 4.69) is 5.32 Å². The Kier molecular flexibility index (Phi) is 9.38. The SMILES string of the molecule is CCOc1ccc(CCC(=O)N(Cc2cccc(C)c2)C(C)C(=O)NC)cc1OCC. The summed E-state index contributed by atoms with van der Waals surface area (Å²) in [5.74, 6) is 1.14. The third kappa shape index (κ3) is 7.02. The van der Waals surface area contributed by atoms with Gasteiger partial charge in [-0.2, -0.15) is 0 Å². The molecule has 2 amide bonds. The van der Waals surface area contributed by atoms with Gasteiger partial charge in [0.1, 0.15) is 6.04 Å². The number of nitrogens with one attached hydrogen (secondary N) is 1. The number of likely N-dealkylation sites (N-methyl/N-ethyl adjacent to an activating group) is 1. The van der Waals surface area contributed by atoms with Crippen molar-refractivity contribution in [2.24, 2.45) is 0 Å². The second-order valence-corrected chi connectivity index (χ2v) is 7.45. The van der Waals surface area contributed by atoms with E-state index in [9.17, 15) is 9.59 Å². The quantitative estimate of drug-likeness (QED) is 0.592. The predicted molar refractivity (Wildman–Crippen MR) is 122 cm³/mol. The number of aryl methyl sites for hydroxylation is 2. The minimum atomic E-state index is -0.558. The monoisotopic (exact) mass is 426 g/mol. The van der Waals surface area contributed by atoms with Gasteiger partial charge in [-0.3, -0.25) is 9.59 Å². The Morgan fingerprint density at radius 3 is 2.35 bits per heavy atom. The molecule has 0 saturated heterocycles. The number of benzene rings is 2. The summed E-state index contributed by atoms with van der Waals surface area (Å²) in [5.41, 5.74) is 3.11. The Bertz CT molecular complexity index is 882. The highest BCUT2D eigenvalue weighted by molar-refractivity contribution is 5.87. The van der Waals surface area contributed by atoms with Gasteiger partial charge >= 0.3 is 0 Å². The molecule has 0 spiro atoms. The van der Waals surface area contributed by atoms with Gasteiger partial charge in [0.25, 0.3) is 0 Å². The number of amides is 2. The molecule has 1 N–H and O–H groups in total. The summed E-state index contributed by atoms with van der Waals surface area (Å²) < 4.78 is 11.3. The molecule has 0 aliphatic carbocycles. The molecule has 1 unspecified atom stereocenters. The Labute approximate surface area is 185 Å². The molecule has 2 aromatic carbocycles. The maximum Gasteiger partial charge on any atom is 0.242 e. The zero-order valence-electron chi connectivity index (χ0n) is 19.2. The molecular weight excluding hydrogens is 392 g/mol. The molecule has 0 aliphatic rings. The van der Waals surface area contributed by atoms with Crippen LogP contribution in [0.5, 0.6) is 11.5 Å². The van der Waals surface area contributed by atoms with Crippen LogP contribution in [0.3, 0.4) is 0 Å². The fourth-order valence-electron chi connectivity index (χ4n) is 3.44. The molecule has 0 aliphatic heterocycles. The van der Waals surface area contributed by atoms with Gasteiger partial charge in [-0.05, 0) is 57.4 Å². The van der Waals surface area contributed by atoms with E-state index in [-0.39, 0.29) is 11.8 Å². The van der Waals surface area contributed by atoms with Gasteiger partial charge in [-0.15, -0.1) is 0 Å². The van der Waals surface area contributed by atoms with E-state index in [0.717, 1.165) is 16.7 Å². The molecule has 0 heterocycles. The molecule has 0 radical (unpaired) electrons. The lowest BCUT2D eigenvalue weighted by molar-refractivity contribution is -0.140. The van der Waals surface area contributed by atoms with Crippen LogP contribution in [-0.4, -0.2) is 43.0 Å². The summed E-state index contributed by atoms with van der Waals surface area (Å²) in [5, 5.41) is 2.65. The number of hydrogen-bond donors (Lipinski definition) is 1. The average molecular weight is 427 g/mol. The summed E-state index contributed by atoms with van der Waals surface area (Å²) in [6.07, 6.45) is 0.850. The van der Waals surface area contributed by atoms with Crippen LogP contribution in [0.25, 0.3) is 0 Å². The summed E-state index contributed by atoms with van der Waals surface area (Å²) >= 11 is 0. The van der Waals surface area contributed by atoms with Crippen LogP contribution in [0.15, 0.2) is 42.5 Å². The van der Waals surface area contributed by atoms with Gasteiger partial charge in [0.2, 0.25) is 11.8 Å². The van der Waals surface area contributed by atoms with Gasteiger partial charge < -0.3 is 19.7 Å².